The summed E-state index contributed by atoms with van der Waals surface area (Å²) in [6.45, 7) is 3.34. The number of hydrogen-bond acceptors (Lipinski definition) is 6. The molecule has 29 heavy (non-hydrogen) atoms. The molecule has 0 spiro atoms. The Hall–Kier alpha value is -2.07. The first kappa shape index (κ1) is 21.6. The van der Waals surface area contributed by atoms with Gasteiger partial charge in [-0.25, -0.2) is 17.8 Å². The van der Waals surface area contributed by atoms with E-state index in [1.807, 2.05) is 32.1 Å². The number of halogens is 1. The molecule has 2 aromatic rings. The summed E-state index contributed by atoms with van der Waals surface area (Å²) in [7, 11) is 2.25. The molecule has 1 aliphatic heterocycles. The van der Waals surface area contributed by atoms with Crippen molar-refractivity contribution in [3.63, 3.8) is 0 Å². The molecule has 1 aromatic carbocycles. The average Bonchev–Trinajstić information content (AvgIpc) is 2.68. The summed E-state index contributed by atoms with van der Waals surface area (Å²) in [5.41, 5.74) is 1.44. The van der Waals surface area contributed by atoms with Gasteiger partial charge < -0.3 is 15.1 Å². The van der Waals surface area contributed by atoms with Crippen LogP contribution in [0.4, 0.5) is 10.2 Å². The van der Waals surface area contributed by atoms with E-state index in [1.54, 1.807) is 18.2 Å². The average molecular weight is 422 g/mol. The molecule has 0 amide bonds. The van der Waals surface area contributed by atoms with Crippen LogP contribution in [0.2, 0.25) is 0 Å². The SMILES string of the molecule is CN(C)Cc1ccc(CNc2ccc(S(=O)(=O)N3CCN(C)CC3)cn2)cc1F. The highest BCUT2D eigenvalue weighted by Crippen LogP contribution is 2.19. The van der Waals surface area contributed by atoms with Gasteiger partial charge in [-0.15, -0.1) is 0 Å². The summed E-state index contributed by atoms with van der Waals surface area (Å²) in [6, 6.07) is 8.37. The predicted octanol–water partition coefficient (Wildman–Crippen LogP) is 1.83. The van der Waals surface area contributed by atoms with Crippen LogP contribution in [0.25, 0.3) is 0 Å². The van der Waals surface area contributed by atoms with E-state index < -0.39 is 10.0 Å². The van der Waals surface area contributed by atoms with Crippen LogP contribution in [-0.4, -0.2) is 74.8 Å². The van der Waals surface area contributed by atoms with Gasteiger partial charge in [0.1, 0.15) is 16.5 Å². The number of rotatable bonds is 7. The maximum atomic E-state index is 14.2. The molecule has 3 rings (SSSR count). The molecular formula is C20H28FN5O2S. The minimum absolute atomic E-state index is 0.187. The highest BCUT2D eigenvalue weighted by atomic mass is 32.2. The first-order valence-corrected chi connectivity index (χ1v) is 11.0. The molecule has 0 bridgehead atoms. The Kier molecular flexibility index (Phi) is 6.84. The van der Waals surface area contributed by atoms with Gasteiger partial charge in [0.25, 0.3) is 0 Å². The molecule has 1 aliphatic rings. The third kappa shape index (κ3) is 5.51. The molecule has 2 heterocycles. The van der Waals surface area contributed by atoms with Crippen molar-refractivity contribution in [2.75, 3.05) is 52.6 Å². The Morgan fingerprint density at radius 3 is 2.45 bits per heavy atom. The number of anilines is 1. The highest BCUT2D eigenvalue weighted by molar-refractivity contribution is 7.89. The number of pyridine rings is 1. The van der Waals surface area contributed by atoms with Gasteiger partial charge in [0, 0.05) is 51.0 Å². The molecule has 1 aromatic heterocycles. The van der Waals surface area contributed by atoms with Gasteiger partial charge in [0.2, 0.25) is 10.0 Å². The van der Waals surface area contributed by atoms with E-state index in [0.29, 0.717) is 37.6 Å². The maximum Gasteiger partial charge on any atom is 0.244 e. The molecule has 158 valence electrons. The van der Waals surface area contributed by atoms with Crippen LogP contribution in [0.3, 0.4) is 0 Å². The second-order valence-corrected chi connectivity index (χ2v) is 9.54. The molecule has 0 atom stereocenters. The van der Waals surface area contributed by atoms with Gasteiger partial charge in [-0.05, 0) is 44.9 Å². The fourth-order valence-electron chi connectivity index (χ4n) is 3.18. The van der Waals surface area contributed by atoms with Crippen molar-refractivity contribution >= 4 is 15.8 Å². The van der Waals surface area contributed by atoms with Gasteiger partial charge in [0.05, 0.1) is 0 Å². The quantitative estimate of drug-likeness (QED) is 0.736. The molecule has 7 nitrogen and oxygen atoms in total. The minimum atomic E-state index is -3.53. The predicted molar refractivity (Wildman–Crippen MR) is 112 cm³/mol. The zero-order chi connectivity index (χ0) is 21.0. The zero-order valence-electron chi connectivity index (χ0n) is 17.1. The monoisotopic (exact) mass is 421 g/mol. The summed E-state index contributed by atoms with van der Waals surface area (Å²) in [6.07, 6.45) is 1.37. The van der Waals surface area contributed by atoms with Gasteiger partial charge in [-0.1, -0.05) is 12.1 Å². The van der Waals surface area contributed by atoms with E-state index in [2.05, 4.69) is 15.2 Å². The lowest BCUT2D eigenvalue weighted by atomic mass is 10.1. The Labute approximate surface area is 172 Å². The van der Waals surface area contributed by atoms with Crippen molar-refractivity contribution < 1.29 is 12.8 Å². The van der Waals surface area contributed by atoms with Gasteiger partial charge in [-0.2, -0.15) is 4.31 Å². The normalized spacial score (nSPS) is 16.3. The molecule has 9 heteroatoms. The molecule has 1 N–H and O–H groups in total. The van der Waals surface area contributed by atoms with E-state index in [0.717, 1.165) is 18.7 Å². The van der Waals surface area contributed by atoms with Gasteiger partial charge in [0.15, 0.2) is 0 Å². The minimum Gasteiger partial charge on any atom is -0.366 e. The fourth-order valence-corrected chi connectivity index (χ4v) is 4.55. The number of likely N-dealkylation sites (N-methyl/N-ethyl adjacent to an activating group) is 1. The molecule has 0 unspecified atom stereocenters. The molecule has 0 aliphatic carbocycles. The van der Waals surface area contributed by atoms with Crippen LogP contribution in [0.5, 0.6) is 0 Å². The summed E-state index contributed by atoms with van der Waals surface area (Å²) < 4.78 is 41.1. The van der Waals surface area contributed by atoms with Crippen LogP contribution < -0.4 is 5.32 Å². The van der Waals surface area contributed by atoms with Gasteiger partial charge in [-0.3, -0.25) is 0 Å². The molecule has 1 fully saturated rings. The zero-order valence-corrected chi connectivity index (χ0v) is 17.9. The van der Waals surface area contributed by atoms with Gasteiger partial charge >= 0.3 is 0 Å². The van der Waals surface area contributed by atoms with E-state index >= 15 is 0 Å². The van der Waals surface area contributed by atoms with Crippen molar-refractivity contribution in [1.82, 2.24) is 19.1 Å². The highest BCUT2D eigenvalue weighted by Gasteiger charge is 2.27. The molecule has 1 saturated heterocycles. The summed E-state index contributed by atoms with van der Waals surface area (Å²) in [5.74, 6) is 0.305. The van der Waals surface area contributed by atoms with Crippen LogP contribution in [-0.2, 0) is 23.1 Å². The smallest absolute Gasteiger partial charge is 0.244 e. The van der Waals surface area contributed by atoms with Crippen molar-refractivity contribution in [3.8, 4) is 0 Å². The third-order valence-electron chi connectivity index (χ3n) is 4.91. The fraction of sp³-hybridized carbons (Fsp3) is 0.450. The first-order chi connectivity index (χ1) is 13.8. The van der Waals surface area contributed by atoms with E-state index in [9.17, 15) is 12.8 Å². The van der Waals surface area contributed by atoms with Crippen molar-refractivity contribution in [2.45, 2.75) is 18.0 Å². The number of nitrogens with zero attached hydrogens (tertiary/aromatic N) is 4. The Morgan fingerprint density at radius 2 is 1.86 bits per heavy atom. The summed E-state index contributed by atoms with van der Waals surface area (Å²) in [5, 5.41) is 3.11. The van der Waals surface area contributed by atoms with E-state index in [1.165, 1.54) is 16.6 Å². The van der Waals surface area contributed by atoms with Crippen LogP contribution >= 0.6 is 0 Å². The Morgan fingerprint density at radius 1 is 1.14 bits per heavy atom. The van der Waals surface area contributed by atoms with Crippen LogP contribution in [0.1, 0.15) is 11.1 Å². The number of aromatic nitrogens is 1. The van der Waals surface area contributed by atoms with E-state index in [-0.39, 0.29) is 10.7 Å². The maximum absolute atomic E-state index is 14.2. The second-order valence-electron chi connectivity index (χ2n) is 7.60. The number of sulfonamides is 1. The number of benzene rings is 1. The Balaban J connectivity index is 1.61. The molecular weight excluding hydrogens is 393 g/mol. The summed E-state index contributed by atoms with van der Waals surface area (Å²) >= 11 is 0. The first-order valence-electron chi connectivity index (χ1n) is 9.56. The number of piperazine rings is 1. The van der Waals surface area contributed by atoms with Crippen molar-refractivity contribution in [3.05, 3.63) is 53.5 Å². The largest absolute Gasteiger partial charge is 0.366 e. The lowest BCUT2D eigenvalue weighted by Gasteiger charge is -2.31. The lowest BCUT2D eigenvalue weighted by Crippen LogP contribution is -2.47. The van der Waals surface area contributed by atoms with E-state index in [4.69, 9.17) is 0 Å². The second kappa shape index (κ2) is 9.17. The summed E-state index contributed by atoms with van der Waals surface area (Å²) in [4.78, 5) is 8.43. The standard InChI is InChI=1S/C20H28FN5O2S/c1-24(2)15-17-5-4-16(12-19(17)21)13-22-20-7-6-18(14-23-20)29(27,28)26-10-8-25(3)9-11-26/h4-7,12,14H,8-11,13,15H2,1-3H3,(H,22,23). The molecule has 0 radical (unpaired) electrons. The number of hydrogen-bond donors (Lipinski definition) is 1. The topological polar surface area (TPSA) is 68.8 Å². The molecule has 0 saturated carbocycles. The van der Waals surface area contributed by atoms with Crippen molar-refractivity contribution in [2.24, 2.45) is 0 Å². The third-order valence-corrected chi connectivity index (χ3v) is 6.80. The number of nitrogens with one attached hydrogen (secondary N) is 1. The van der Waals surface area contributed by atoms with Crippen molar-refractivity contribution in [1.29, 1.82) is 0 Å². The Bertz CT molecular complexity index is 926. The van der Waals surface area contributed by atoms with Crippen LogP contribution in [0.15, 0.2) is 41.4 Å². The van der Waals surface area contributed by atoms with Crippen LogP contribution in [0, 0.1) is 5.82 Å². The lowest BCUT2D eigenvalue weighted by molar-refractivity contribution is 0.222.